The van der Waals surface area contributed by atoms with Crippen LogP contribution in [0.15, 0.2) is 0 Å². The predicted octanol–water partition coefficient (Wildman–Crippen LogP) is 1.05. The summed E-state index contributed by atoms with van der Waals surface area (Å²) in [6, 6.07) is 0. The molecule has 1 aromatic heterocycles. The Hall–Kier alpha value is -1.00. The average Bonchev–Trinajstić information content (AvgIpc) is 2.15. The van der Waals surface area contributed by atoms with Gasteiger partial charge in [0.05, 0.1) is 6.54 Å². The number of hydrogen-bond donors (Lipinski definition) is 1. The van der Waals surface area contributed by atoms with Crippen LogP contribution in [-0.2, 0) is 13.0 Å². The second-order valence-electron chi connectivity index (χ2n) is 4.42. The van der Waals surface area contributed by atoms with Gasteiger partial charge in [-0.2, -0.15) is 0 Å². The number of nitrogens with zero attached hydrogens (tertiary/aromatic N) is 3. The van der Waals surface area contributed by atoms with Crippen molar-refractivity contribution in [2.45, 2.75) is 33.2 Å². The first-order valence-electron chi connectivity index (χ1n) is 5.72. The summed E-state index contributed by atoms with van der Waals surface area (Å²) in [6.45, 7) is 5.62. The molecule has 0 aliphatic rings. The lowest BCUT2D eigenvalue weighted by Crippen LogP contribution is -2.15. The van der Waals surface area contributed by atoms with Crippen LogP contribution in [0.2, 0.25) is 0 Å². The van der Waals surface area contributed by atoms with E-state index >= 15 is 0 Å². The van der Waals surface area contributed by atoms with E-state index < -0.39 is 0 Å². The van der Waals surface area contributed by atoms with Gasteiger partial charge in [-0.3, -0.25) is 0 Å². The summed E-state index contributed by atoms with van der Waals surface area (Å²) in [5.74, 6) is 0.900. The topological polar surface area (TPSA) is 55.0 Å². The third-order valence-corrected chi connectivity index (χ3v) is 2.56. The molecule has 0 saturated heterocycles. The highest BCUT2D eigenvalue weighted by Crippen LogP contribution is 2.12. The van der Waals surface area contributed by atoms with Crippen LogP contribution in [-0.4, -0.2) is 35.5 Å². The standard InChI is InChI=1S/C12H22N4/c1-9-11(6-5-7-13)10(2)15-12(14-9)8-16(3)4/h5-8,13H2,1-4H3. The van der Waals surface area contributed by atoms with Crippen LogP contribution in [0.1, 0.15) is 29.2 Å². The van der Waals surface area contributed by atoms with Gasteiger partial charge in [-0.1, -0.05) is 0 Å². The van der Waals surface area contributed by atoms with Crippen molar-refractivity contribution in [2.24, 2.45) is 5.73 Å². The molecule has 0 amide bonds. The molecule has 16 heavy (non-hydrogen) atoms. The van der Waals surface area contributed by atoms with E-state index in [1.165, 1.54) is 5.56 Å². The number of rotatable bonds is 5. The summed E-state index contributed by atoms with van der Waals surface area (Å²) in [5, 5.41) is 0. The quantitative estimate of drug-likeness (QED) is 0.809. The molecule has 1 rings (SSSR count). The fraction of sp³-hybridized carbons (Fsp3) is 0.667. The van der Waals surface area contributed by atoms with Gasteiger partial charge in [0, 0.05) is 11.4 Å². The van der Waals surface area contributed by atoms with Gasteiger partial charge in [0.25, 0.3) is 0 Å². The molecule has 2 N–H and O–H groups in total. The molecule has 0 bridgehead atoms. The van der Waals surface area contributed by atoms with Crippen LogP contribution >= 0.6 is 0 Å². The Morgan fingerprint density at radius 3 is 2.12 bits per heavy atom. The predicted molar refractivity (Wildman–Crippen MR) is 66.3 cm³/mol. The zero-order chi connectivity index (χ0) is 12.1. The molecule has 0 aromatic carbocycles. The molecule has 0 saturated carbocycles. The highest BCUT2D eigenvalue weighted by molar-refractivity contribution is 5.24. The van der Waals surface area contributed by atoms with Crippen molar-refractivity contribution in [2.75, 3.05) is 20.6 Å². The van der Waals surface area contributed by atoms with E-state index in [-0.39, 0.29) is 0 Å². The van der Waals surface area contributed by atoms with Crippen molar-refractivity contribution in [3.8, 4) is 0 Å². The van der Waals surface area contributed by atoms with Gasteiger partial charge < -0.3 is 10.6 Å². The molecule has 4 nitrogen and oxygen atoms in total. The lowest BCUT2D eigenvalue weighted by molar-refractivity contribution is 0.389. The third-order valence-electron chi connectivity index (χ3n) is 2.56. The smallest absolute Gasteiger partial charge is 0.142 e. The molecule has 4 heteroatoms. The highest BCUT2D eigenvalue weighted by atomic mass is 15.1. The summed E-state index contributed by atoms with van der Waals surface area (Å²) in [7, 11) is 4.05. The highest BCUT2D eigenvalue weighted by Gasteiger charge is 2.08. The van der Waals surface area contributed by atoms with Crippen molar-refractivity contribution in [3.05, 3.63) is 22.8 Å². The molecule has 1 heterocycles. The lowest BCUT2D eigenvalue weighted by atomic mass is 10.1. The second-order valence-corrected chi connectivity index (χ2v) is 4.42. The first kappa shape index (κ1) is 13.1. The third kappa shape index (κ3) is 3.54. The molecule has 0 aliphatic heterocycles. The maximum atomic E-state index is 5.52. The maximum Gasteiger partial charge on any atom is 0.142 e. The van der Waals surface area contributed by atoms with E-state index in [1.807, 2.05) is 14.1 Å². The minimum atomic E-state index is 0.721. The number of nitrogens with two attached hydrogens (primary N) is 1. The van der Waals surface area contributed by atoms with Gasteiger partial charge in [-0.15, -0.1) is 0 Å². The zero-order valence-corrected chi connectivity index (χ0v) is 10.7. The molecule has 0 aliphatic carbocycles. The minimum Gasteiger partial charge on any atom is -0.330 e. The van der Waals surface area contributed by atoms with Crippen molar-refractivity contribution >= 4 is 0 Å². The number of aryl methyl sites for hydroxylation is 2. The first-order valence-corrected chi connectivity index (χ1v) is 5.72. The van der Waals surface area contributed by atoms with Crippen molar-refractivity contribution < 1.29 is 0 Å². The number of hydrogen-bond acceptors (Lipinski definition) is 4. The average molecular weight is 222 g/mol. The molecule has 0 spiro atoms. The molecular formula is C12H22N4. The Labute approximate surface area is 97.9 Å². The fourth-order valence-electron chi connectivity index (χ4n) is 1.80. The van der Waals surface area contributed by atoms with Crippen LogP contribution in [0, 0.1) is 13.8 Å². The summed E-state index contributed by atoms with van der Waals surface area (Å²) in [5.41, 5.74) is 8.97. The Bertz CT molecular complexity index is 324. The van der Waals surface area contributed by atoms with Crippen LogP contribution in [0.3, 0.4) is 0 Å². The second kappa shape index (κ2) is 5.92. The molecule has 0 atom stereocenters. The Kier molecular flexibility index (Phi) is 4.83. The Balaban J connectivity index is 2.89. The van der Waals surface area contributed by atoms with Crippen molar-refractivity contribution in [1.29, 1.82) is 0 Å². The van der Waals surface area contributed by atoms with E-state index in [0.717, 1.165) is 43.1 Å². The Morgan fingerprint density at radius 1 is 1.12 bits per heavy atom. The first-order chi connectivity index (χ1) is 7.54. The summed E-state index contributed by atoms with van der Waals surface area (Å²) in [6.07, 6.45) is 1.98. The number of aromatic nitrogens is 2. The van der Waals surface area contributed by atoms with Gasteiger partial charge >= 0.3 is 0 Å². The van der Waals surface area contributed by atoms with E-state index in [1.54, 1.807) is 0 Å². The van der Waals surface area contributed by atoms with Crippen LogP contribution in [0.5, 0.6) is 0 Å². The maximum absolute atomic E-state index is 5.52. The lowest BCUT2D eigenvalue weighted by Gasteiger charge is -2.13. The molecule has 0 unspecified atom stereocenters. The largest absolute Gasteiger partial charge is 0.330 e. The van der Waals surface area contributed by atoms with Crippen molar-refractivity contribution in [3.63, 3.8) is 0 Å². The van der Waals surface area contributed by atoms with E-state index in [4.69, 9.17) is 5.73 Å². The van der Waals surface area contributed by atoms with Gasteiger partial charge in [-0.05, 0) is 52.9 Å². The summed E-state index contributed by atoms with van der Waals surface area (Å²) < 4.78 is 0. The van der Waals surface area contributed by atoms with Gasteiger partial charge in [0.1, 0.15) is 5.82 Å². The van der Waals surface area contributed by atoms with Crippen molar-refractivity contribution in [1.82, 2.24) is 14.9 Å². The SMILES string of the molecule is Cc1nc(CN(C)C)nc(C)c1CCCN. The van der Waals surface area contributed by atoms with Crippen LogP contribution in [0.4, 0.5) is 0 Å². The Morgan fingerprint density at radius 2 is 1.69 bits per heavy atom. The zero-order valence-electron chi connectivity index (χ0n) is 10.7. The molecule has 90 valence electrons. The molecule has 1 aromatic rings. The summed E-state index contributed by atoms with van der Waals surface area (Å²) >= 11 is 0. The van der Waals surface area contributed by atoms with Gasteiger partial charge in [0.2, 0.25) is 0 Å². The van der Waals surface area contributed by atoms with E-state index in [0.29, 0.717) is 0 Å². The fourth-order valence-corrected chi connectivity index (χ4v) is 1.80. The minimum absolute atomic E-state index is 0.721. The molecule has 0 fully saturated rings. The van der Waals surface area contributed by atoms with Crippen LogP contribution < -0.4 is 5.73 Å². The van der Waals surface area contributed by atoms with E-state index in [2.05, 4.69) is 28.7 Å². The molecule has 0 radical (unpaired) electrons. The summed E-state index contributed by atoms with van der Waals surface area (Å²) in [4.78, 5) is 11.1. The van der Waals surface area contributed by atoms with Gasteiger partial charge in [-0.25, -0.2) is 9.97 Å². The normalized spacial score (nSPS) is 11.1. The monoisotopic (exact) mass is 222 g/mol. The van der Waals surface area contributed by atoms with E-state index in [9.17, 15) is 0 Å². The van der Waals surface area contributed by atoms with Gasteiger partial charge in [0.15, 0.2) is 0 Å². The van der Waals surface area contributed by atoms with Crippen LogP contribution in [0.25, 0.3) is 0 Å². The molecular weight excluding hydrogens is 200 g/mol.